The van der Waals surface area contributed by atoms with Gasteiger partial charge >= 0.3 is 0 Å². The van der Waals surface area contributed by atoms with Gasteiger partial charge < -0.3 is 9.04 Å². The van der Waals surface area contributed by atoms with Crippen LogP contribution in [0.4, 0.5) is 0 Å². The second kappa shape index (κ2) is 15.9. The third-order valence-electron chi connectivity index (χ3n) is 5.26. The molecule has 0 aliphatic heterocycles. The first kappa shape index (κ1) is 28.1. The summed E-state index contributed by atoms with van der Waals surface area (Å²) in [5.74, 6) is 0. The Kier molecular flexibility index (Phi) is 15.4. The van der Waals surface area contributed by atoms with Crippen molar-refractivity contribution in [3.05, 3.63) is 29.8 Å². The van der Waals surface area contributed by atoms with Crippen molar-refractivity contribution in [1.82, 2.24) is 0 Å². The van der Waals surface area contributed by atoms with Crippen molar-refractivity contribution in [1.29, 1.82) is 0 Å². The second-order valence-corrected chi connectivity index (χ2v) is 10.2. The van der Waals surface area contributed by atoms with Crippen LogP contribution in [0.5, 0.6) is 0 Å². The zero-order valence-electron chi connectivity index (χ0n) is 19.6. The molecular formula is C24H45NO3S. The molecule has 5 heteroatoms. The van der Waals surface area contributed by atoms with Crippen LogP contribution in [-0.2, 0) is 10.1 Å². The van der Waals surface area contributed by atoms with Crippen molar-refractivity contribution >= 4 is 10.1 Å². The Balaban J connectivity index is 0.000000604. The van der Waals surface area contributed by atoms with Crippen LogP contribution < -0.4 is 0 Å². The molecule has 1 rings (SSSR count). The number of unbranched alkanes of at least 4 members (excludes halogenated alkanes) is 9. The number of hydrogen-bond donors (Lipinski definition) is 0. The van der Waals surface area contributed by atoms with Gasteiger partial charge in [0.2, 0.25) is 0 Å². The number of benzene rings is 1. The molecule has 1 aromatic rings. The summed E-state index contributed by atoms with van der Waals surface area (Å²) < 4.78 is 32.4. The summed E-state index contributed by atoms with van der Waals surface area (Å²) in [6, 6.07) is 5.78. The minimum absolute atomic E-state index is 0.178. The SMILES string of the molecule is CCCCCCCCCCCC[N+](C)(C)CCC.Cc1ccc(S(=O)(=O)[O-])cc1. The Bertz CT molecular complexity index is 610. The summed E-state index contributed by atoms with van der Waals surface area (Å²) in [7, 11) is 0.475. The summed E-state index contributed by atoms with van der Waals surface area (Å²) in [6.45, 7) is 9.10. The van der Waals surface area contributed by atoms with Crippen LogP contribution in [0.25, 0.3) is 0 Å². The highest BCUT2D eigenvalue weighted by Crippen LogP contribution is 2.12. The monoisotopic (exact) mass is 427 g/mol. The van der Waals surface area contributed by atoms with Crippen molar-refractivity contribution in [3.63, 3.8) is 0 Å². The van der Waals surface area contributed by atoms with Crippen molar-refractivity contribution in [2.75, 3.05) is 27.2 Å². The molecule has 0 saturated heterocycles. The summed E-state index contributed by atoms with van der Waals surface area (Å²) in [5.41, 5.74) is 0.928. The van der Waals surface area contributed by atoms with Gasteiger partial charge in [0.05, 0.1) is 32.1 Å². The molecular weight excluding hydrogens is 382 g/mol. The topological polar surface area (TPSA) is 57.2 Å². The molecule has 0 aliphatic rings. The van der Waals surface area contributed by atoms with Gasteiger partial charge in [0.25, 0.3) is 0 Å². The molecule has 0 heterocycles. The smallest absolute Gasteiger partial charge is 0.124 e. The van der Waals surface area contributed by atoms with Gasteiger partial charge in [-0.2, -0.15) is 0 Å². The summed E-state index contributed by atoms with van der Waals surface area (Å²) >= 11 is 0. The summed E-state index contributed by atoms with van der Waals surface area (Å²) in [5, 5.41) is 0. The van der Waals surface area contributed by atoms with E-state index in [9.17, 15) is 13.0 Å². The van der Waals surface area contributed by atoms with Crippen LogP contribution in [-0.4, -0.2) is 44.6 Å². The number of aryl methyl sites for hydroxylation is 1. The fourth-order valence-corrected chi connectivity index (χ4v) is 3.92. The van der Waals surface area contributed by atoms with Crippen molar-refractivity contribution < 1.29 is 17.5 Å². The molecule has 1 aromatic carbocycles. The van der Waals surface area contributed by atoms with Gasteiger partial charge in [0.1, 0.15) is 10.1 Å². The molecule has 0 spiro atoms. The molecule has 4 nitrogen and oxygen atoms in total. The normalized spacial score (nSPS) is 11.8. The van der Waals surface area contributed by atoms with Crippen LogP contribution in [0.1, 0.15) is 90.0 Å². The lowest BCUT2D eigenvalue weighted by atomic mass is 10.1. The van der Waals surface area contributed by atoms with E-state index in [-0.39, 0.29) is 4.90 Å². The minimum atomic E-state index is -4.27. The maximum Gasteiger partial charge on any atom is 0.124 e. The average Bonchev–Trinajstić information content (AvgIpc) is 2.63. The summed E-state index contributed by atoms with van der Waals surface area (Å²) in [4.78, 5) is -0.178. The van der Waals surface area contributed by atoms with Crippen LogP contribution >= 0.6 is 0 Å². The number of quaternary nitrogens is 1. The molecule has 0 unspecified atom stereocenters. The van der Waals surface area contributed by atoms with Crippen LogP contribution in [0, 0.1) is 6.92 Å². The van der Waals surface area contributed by atoms with E-state index in [0.29, 0.717) is 0 Å². The highest BCUT2D eigenvalue weighted by Gasteiger charge is 2.11. The van der Waals surface area contributed by atoms with E-state index >= 15 is 0 Å². The van der Waals surface area contributed by atoms with Crippen molar-refractivity contribution in [2.24, 2.45) is 0 Å². The van der Waals surface area contributed by atoms with Gasteiger partial charge in [0.15, 0.2) is 0 Å². The molecule has 0 atom stereocenters. The highest BCUT2D eigenvalue weighted by molar-refractivity contribution is 7.85. The Labute approximate surface area is 181 Å². The maximum absolute atomic E-state index is 10.4. The molecule has 0 radical (unpaired) electrons. The first-order valence-electron chi connectivity index (χ1n) is 11.5. The largest absolute Gasteiger partial charge is 0.744 e. The van der Waals surface area contributed by atoms with Gasteiger partial charge in [-0.15, -0.1) is 0 Å². The van der Waals surface area contributed by atoms with Gasteiger partial charge in [0, 0.05) is 0 Å². The zero-order chi connectivity index (χ0) is 22.2. The third kappa shape index (κ3) is 16.6. The molecule has 0 N–H and O–H groups in total. The zero-order valence-corrected chi connectivity index (χ0v) is 20.4. The van der Waals surface area contributed by atoms with Gasteiger partial charge in [-0.3, -0.25) is 0 Å². The molecule has 0 aliphatic carbocycles. The molecule has 29 heavy (non-hydrogen) atoms. The molecule has 0 fully saturated rings. The first-order chi connectivity index (χ1) is 13.6. The predicted octanol–water partition coefficient (Wildman–Crippen LogP) is 6.29. The maximum atomic E-state index is 10.4. The van der Waals surface area contributed by atoms with Gasteiger partial charge in [-0.1, -0.05) is 82.9 Å². The lowest BCUT2D eigenvalue weighted by molar-refractivity contribution is -0.890. The lowest BCUT2D eigenvalue weighted by Gasteiger charge is -2.29. The minimum Gasteiger partial charge on any atom is -0.744 e. The summed E-state index contributed by atoms with van der Waals surface area (Å²) in [6.07, 6.45) is 15.8. The van der Waals surface area contributed by atoms with Crippen molar-refractivity contribution in [3.8, 4) is 0 Å². The van der Waals surface area contributed by atoms with Gasteiger partial charge in [-0.05, 0) is 38.3 Å². The van der Waals surface area contributed by atoms with Crippen molar-refractivity contribution in [2.45, 2.75) is 96.3 Å². The fourth-order valence-electron chi connectivity index (χ4n) is 3.45. The van der Waals surface area contributed by atoms with E-state index in [1.165, 1.54) is 100 Å². The Morgan fingerprint density at radius 1 is 0.724 bits per heavy atom. The fraction of sp³-hybridized carbons (Fsp3) is 0.750. The Hall–Kier alpha value is -0.910. The van der Waals surface area contributed by atoms with E-state index in [2.05, 4.69) is 27.9 Å². The Morgan fingerprint density at radius 3 is 1.59 bits per heavy atom. The standard InChI is InChI=1S/C17H38N.C7H8O3S/c1-5-7-8-9-10-11-12-13-14-15-17-18(3,4)16-6-2;1-6-2-4-7(5-3-6)11(8,9)10/h5-17H2,1-4H3;2-5H,1H3,(H,8,9,10)/q+1;/p-1. The third-order valence-corrected chi connectivity index (χ3v) is 6.11. The van der Waals surface area contributed by atoms with Crippen LogP contribution in [0.3, 0.4) is 0 Å². The molecule has 0 amide bonds. The van der Waals surface area contributed by atoms with E-state index in [0.717, 1.165) is 5.56 Å². The first-order valence-corrected chi connectivity index (χ1v) is 12.9. The van der Waals surface area contributed by atoms with E-state index in [1.54, 1.807) is 12.1 Å². The van der Waals surface area contributed by atoms with E-state index in [1.807, 2.05) is 6.92 Å². The Morgan fingerprint density at radius 2 is 1.17 bits per heavy atom. The average molecular weight is 428 g/mol. The second-order valence-electron chi connectivity index (χ2n) is 8.83. The molecule has 0 saturated carbocycles. The molecule has 0 bridgehead atoms. The number of nitrogens with zero attached hydrogens (tertiary/aromatic N) is 1. The number of rotatable bonds is 14. The van der Waals surface area contributed by atoms with E-state index < -0.39 is 10.1 Å². The van der Waals surface area contributed by atoms with Gasteiger partial charge in [-0.25, -0.2) is 8.42 Å². The van der Waals surface area contributed by atoms with E-state index in [4.69, 9.17) is 0 Å². The lowest BCUT2D eigenvalue weighted by Crippen LogP contribution is -2.40. The predicted molar refractivity (Wildman–Crippen MR) is 123 cm³/mol. The molecule has 0 aromatic heterocycles. The highest BCUT2D eigenvalue weighted by atomic mass is 32.2. The molecule has 170 valence electrons. The van der Waals surface area contributed by atoms with Crippen LogP contribution in [0.2, 0.25) is 0 Å². The quantitative estimate of drug-likeness (QED) is 0.199. The van der Waals surface area contributed by atoms with Crippen LogP contribution in [0.15, 0.2) is 29.2 Å². The number of hydrogen-bond acceptors (Lipinski definition) is 3.